The second-order valence-corrected chi connectivity index (χ2v) is 7.03. The van der Waals surface area contributed by atoms with E-state index in [1.54, 1.807) is 45.7 Å². The highest BCUT2D eigenvalue weighted by molar-refractivity contribution is 5.99. The van der Waals surface area contributed by atoms with Crippen LogP contribution in [-0.2, 0) is 16.1 Å². The zero-order chi connectivity index (χ0) is 17.7. The number of para-hydroxylation sites is 1. The van der Waals surface area contributed by atoms with Crippen molar-refractivity contribution in [3.05, 3.63) is 60.4 Å². The number of aromatic nitrogens is 2. The van der Waals surface area contributed by atoms with Crippen molar-refractivity contribution in [1.29, 1.82) is 0 Å². The number of fused-ring (bicyclic) bond motifs is 5. The quantitative estimate of drug-likeness (QED) is 0.591. The largest absolute Gasteiger partial charge is 0.561 e. The zero-order valence-electron chi connectivity index (χ0n) is 14.3. The SMILES string of the molecule is CC(C)(C)OC(=O)O[N+]12C=CN=C1c1ccccc1-n1cncc1C2. The third-order valence-corrected chi connectivity index (χ3v) is 4.01. The van der Waals surface area contributed by atoms with Crippen molar-refractivity contribution in [3.8, 4) is 5.69 Å². The van der Waals surface area contributed by atoms with E-state index in [1.807, 2.05) is 28.8 Å². The molecular formula is C18H19N4O3+. The van der Waals surface area contributed by atoms with Gasteiger partial charge in [-0.1, -0.05) is 12.1 Å². The summed E-state index contributed by atoms with van der Waals surface area (Å²) in [5.41, 5.74) is 2.10. The van der Waals surface area contributed by atoms with Gasteiger partial charge in [0.2, 0.25) is 0 Å². The van der Waals surface area contributed by atoms with Crippen LogP contribution in [0.2, 0.25) is 0 Å². The Balaban J connectivity index is 1.80. The lowest BCUT2D eigenvalue weighted by atomic mass is 10.1. The van der Waals surface area contributed by atoms with Gasteiger partial charge in [0, 0.05) is 0 Å². The molecule has 128 valence electrons. The number of nitrogens with zero attached hydrogens (tertiary/aromatic N) is 4. The predicted molar refractivity (Wildman–Crippen MR) is 90.5 cm³/mol. The van der Waals surface area contributed by atoms with Crippen molar-refractivity contribution in [3.63, 3.8) is 0 Å². The number of hydroxylamine groups is 3. The van der Waals surface area contributed by atoms with Crippen LogP contribution in [-0.4, -0.2) is 31.8 Å². The summed E-state index contributed by atoms with van der Waals surface area (Å²) in [6, 6.07) is 7.85. The van der Waals surface area contributed by atoms with Gasteiger partial charge in [0.25, 0.3) is 5.84 Å². The fourth-order valence-electron chi connectivity index (χ4n) is 3.06. The molecule has 0 saturated heterocycles. The average Bonchev–Trinajstić information content (AvgIpc) is 3.11. The number of benzene rings is 1. The first kappa shape index (κ1) is 15.6. The number of carbonyl (C=O) groups excluding carboxylic acids is 1. The highest BCUT2D eigenvalue weighted by Crippen LogP contribution is 2.34. The fourth-order valence-corrected chi connectivity index (χ4v) is 3.06. The number of quaternary nitrogens is 1. The normalized spacial score (nSPS) is 20.8. The monoisotopic (exact) mass is 339 g/mol. The molecule has 7 nitrogen and oxygen atoms in total. The Morgan fingerprint density at radius 2 is 2.08 bits per heavy atom. The minimum absolute atomic E-state index is 0.183. The molecule has 4 rings (SSSR count). The Morgan fingerprint density at radius 1 is 1.28 bits per heavy atom. The molecule has 7 heteroatoms. The number of ether oxygens (including phenoxy) is 1. The molecule has 0 spiro atoms. The number of hydrogen-bond donors (Lipinski definition) is 0. The number of amidine groups is 1. The van der Waals surface area contributed by atoms with Crippen LogP contribution in [0.25, 0.3) is 5.69 Å². The second kappa shape index (κ2) is 5.29. The molecule has 1 aromatic heterocycles. The van der Waals surface area contributed by atoms with Gasteiger partial charge in [-0.2, -0.15) is 9.79 Å². The summed E-state index contributed by atoms with van der Waals surface area (Å²) < 4.78 is 7.16. The van der Waals surface area contributed by atoms with E-state index in [0.29, 0.717) is 12.4 Å². The number of aliphatic imine (C=N–C) groups is 1. The molecule has 0 aliphatic carbocycles. The molecule has 1 atom stereocenters. The predicted octanol–water partition coefficient (Wildman–Crippen LogP) is 3.30. The molecule has 0 fully saturated rings. The van der Waals surface area contributed by atoms with E-state index in [-0.39, 0.29) is 4.65 Å². The molecule has 1 aromatic carbocycles. The molecule has 25 heavy (non-hydrogen) atoms. The smallest absolute Gasteiger partial charge is 0.425 e. The third-order valence-electron chi connectivity index (χ3n) is 4.01. The van der Waals surface area contributed by atoms with Gasteiger partial charge in [-0.25, -0.2) is 9.82 Å². The van der Waals surface area contributed by atoms with Crippen LogP contribution >= 0.6 is 0 Å². The first-order valence-electron chi connectivity index (χ1n) is 8.05. The molecule has 0 amide bonds. The summed E-state index contributed by atoms with van der Waals surface area (Å²) in [6.07, 6.45) is 6.19. The summed E-state index contributed by atoms with van der Waals surface area (Å²) in [5, 5.41) is 0. The summed E-state index contributed by atoms with van der Waals surface area (Å²) >= 11 is 0. The fraction of sp³-hybridized carbons (Fsp3) is 0.278. The molecule has 2 aliphatic rings. The summed E-state index contributed by atoms with van der Waals surface area (Å²) in [4.78, 5) is 26.9. The number of carbonyl (C=O) groups is 1. The Hall–Kier alpha value is -2.93. The summed E-state index contributed by atoms with van der Waals surface area (Å²) in [6.45, 7) is 5.78. The van der Waals surface area contributed by atoms with Gasteiger partial charge in [-0.3, -0.25) is 4.57 Å². The third kappa shape index (κ3) is 2.62. The van der Waals surface area contributed by atoms with Crippen molar-refractivity contribution in [2.24, 2.45) is 4.99 Å². The molecule has 3 heterocycles. The molecule has 2 aliphatic heterocycles. The van der Waals surface area contributed by atoms with E-state index in [4.69, 9.17) is 9.57 Å². The Bertz CT molecular complexity index is 907. The topological polar surface area (TPSA) is 65.7 Å². The Morgan fingerprint density at radius 3 is 2.88 bits per heavy atom. The van der Waals surface area contributed by atoms with Crippen LogP contribution < -0.4 is 0 Å². The maximum Gasteiger partial charge on any atom is 0.561 e. The lowest BCUT2D eigenvalue weighted by Crippen LogP contribution is -2.48. The van der Waals surface area contributed by atoms with Crippen molar-refractivity contribution < 1.29 is 19.0 Å². The van der Waals surface area contributed by atoms with E-state index >= 15 is 0 Å². The van der Waals surface area contributed by atoms with Crippen LogP contribution in [0.5, 0.6) is 0 Å². The van der Waals surface area contributed by atoms with Crippen molar-refractivity contribution in [1.82, 2.24) is 9.55 Å². The lowest BCUT2D eigenvalue weighted by molar-refractivity contribution is -0.986. The highest BCUT2D eigenvalue weighted by atomic mass is 16.8. The number of hydrogen-bond acceptors (Lipinski definition) is 5. The van der Waals surface area contributed by atoms with Crippen molar-refractivity contribution >= 4 is 12.0 Å². The first-order valence-corrected chi connectivity index (χ1v) is 8.05. The minimum atomic E-state index is -0.739. The maximum absolute atomic E-state index is 12.4. The van der Waals surface area contributed by atoms with E-state index in [2.05, 4.69) is 9.98 Å². The van der Waals surface area contributed by atoms with Gasteiger partial charge >= 0.3 is 6.16 Å². The van der Waals surface area contributed by atoms with Crippen LogP contribution in [0.3, 0.4) is 0 Å². The Kier molecular flexibility index (Phi) is 3.30. The molecule has 1 unspecified atom stereocenters. The van der Waals surface area contributed by atoms with Crippen LogP contribution in [0.4, 0.5) is 4.79 Å². The van der Waals surface area contributed by atoms with E-state index in [9.17, 15) is 4.79 Å². The highest BCUT2D eigenvalue weighted by Gasteiger charge is 2.47. The second-order valence-electron chi connectivity index (χ2n) is 7.03. The minimum Gasteiger partial charge on any atom is -0.425 e. The lowest BCUT2D eigenvalue weighted by Gasteiger charge is -2.28. The van der Waals surface area contributed by atoms with E-state index in [1.165, 1.54) is 0 Å². The van der Waals surface area contributed by atoms with Gasteiger partial charge in [0.1, 0.15) is 11.3 Å². The molecular weight excluding hydrogens is 320 g/mol. The summed E-state index contributed by atoms with van der Waals surface area (Å²) in [5.74, 6) is 0.644. The van der Waals surface area contributed by atoms with Gasteiger partial charge in [-0.05, 0) is 37.6 Å². The molecule has 0 radical (unpaired) electrons. The van der Waals surface area contributed by atoms with Gasteiger partial charge < -0.3 is 4.74 Å². The van der Waals surface area contributed by atoms with Crippen LogP contribution in [0, 0.1) is 0 Å². The van der Waals surface area contributed by atoms with Gasteiger partial charge in [-0.15, -0.1) is 0 Å². The van der Waals surface area contributed by atoms with Crippen LogP contribution in [0.1, 0.15) is 32.0 Å². The molecule has 0 N–H and O–H groups in total. The van der Waals surface area contributed by atoms with Crippen molar-refractivity contribution in [2.75, 3.05) is 0 Å². The maximum atomic E-state index is 12.4. The van der Waals surface area contributed by atoms with Gasteiger partial charge in [0.05, 0.1) is 30.0 Å². The van der Waals surface area contributed by atoms with E-state index < -0.39 is 11.8 Å². The van der Waals surface area contributed by atoms with Gasteiger partial charge in [0.15, 0.2) is 12.7 Å². The molecule has 0 saturated carbocycles. The standard InChI is InChI=1S/C18H19N4O3/c1-18(2,3)24-17(23)25-22-9-8-20-16(22)14-6-4-5-7-15(14)21-12-19-10-13(21)11-22/h4-10,12H,11H2,1-3H3/q+1. The number of rotatable bonds is 1. The zero-order valence-corrected chi connectivity index (χ0v) is 14.3. The van der Waals surface area contributed by atoms with Crippen molar-refractivity contribution in [2.45, 2.75) is 32.9 Å². The summed E-state index contributed by atoms with van der Waals surface area (Å²) in [7, 11) is 0. The van der Waals surface area contributed by atoms with E-state index in [0.717, 1.165) is 16.9 Å². The first-order chi connectivity index (χ1) is 11.9. The average molecular weight is 339 g/mol. The molecule has 0 bridgehead atoms. The number of imidazole rings is 1. The van der Waals surface area contributed by atoms with Crippen LogP contribution in [0.15, 0.2) is 54.2 Å². The Labute approximate surface area is 145 Å². The molecule has 2 aromatic rings.